The molecule has 6 heteroatoms. The van der Waals surface area contributed by atoms with Gasteiger partial charge in [0.25, 0.3) is 6.01 Å². The summed E-state index contributed by atoms with van der Waals surface area (Å²) in [5.74, 6) is -0.285. The Morgan fingerprint density at radius 3 is 2.82 bits per heavy atom. The van der Waals surface area contributed by atoms with Crippen LogP contribution >= 0.6 is 12.4 Å². The minimum atomic E-state index is -0.285. The first kappa shape index (κ1) is 12.1. The molecule has 1 aromatic heterocycles. The number of benzene rings is 1. The van der Waals surface area contributed by atoms with E-state index in [-0.39, 0.29) is 18.2 Å². The van der Waals surface area contributed by atoms with Gasteiger partial charge in [-0.2, -0.15) is 4.98 Å². The third-order valence-electron chi connectivity index (χ3n) is 2.73. The topological polar surface area (TPSA) is 41.3 Å². The molecule has 2 aromatic rings. The summed E-state index contributed by atoms with van der Waals surface area (Å²) in [6, 6.07) is 4.98. The zero-order valence-electron chi connectivity index (χ0n) is 9.15. The van der Waals surface area contributed by atoms with Gasteiger partial charge >= 0.3 is 0 Å². The third-order valence-corrected chi connectivity index (χ3v) is 2.73. The lowest BCUT2D eigenvalue weighted by Gasteiger charge is -2.25. The lowest BCUT2D eigenvalue weighted by molar-refractivity contribution is 0.517. The van der Waals surface area contributed by atoms with Crippen molar-refractivity contribution in [2.24, 2.45) is 0 Å². The summed E-state index contributed by atoms with van der Waals surface area (Å²) in [7, 11) is 0. The fourth-order valence-corrected chi connectivity index (χ4v) is 1.88. The number of piperazine rings is 1. The molecular formula is C11H13ClFN3O. The predicted molar refractivity (Wildman–Crippen MR) is 66.3 cm³/mol. The fraction of sp³-hybridized carbons (Fsp3) is 0.364. The molecule has 0 atom stereocenters. The molecule has 4 nitrogen and oxygen atoms in total. The van der Waals surface area contributed by atoms with Crippen LogP contribution < -0.4 is 10.2 Å². The van der Waals surface area contributed by atoms with Gasteiger partial charge in [0.15, 0.2) is 5.58 Å². The lowest BCUT2D eigenvalue weighted by atomic mass is 10.3. The molecule has 1 fully saturated rings. The first-order valence-electron chi connectivity index (χ1n) is 5.35. The van der Waals surface area contributed by atoms with Crippen LogP contribution in [0.1, 0.15) is 0 Å². The minimum absolute atomic E-state index is 0. The number of anilines is 1. The standard InChI is InChI=1S/C11H12FN3O.ClH/c12-8-1-2-10-9(7-8)14-11(16-10)15-5-3-13-4-6-15;/h1-2,7,13H,3-6H2;1H. The fourth-order valence-electron chi connectivity index (χ4n) is 1.88. The number of nitrogens with one attached hydrogen (secondary N) is 1. The highest BCUT2D eigenvalue weighted by Crippen LogP contribution is 2.22. The van der Waals surface area contributed by atoms with Crippen LogP contribution in [-0.2, 0) is 0 Å². The van der Waals surface area contributed by atoms with E-state index < -0.39 is 0 Å². The highest BCUT2D eigenvalue weighted by Gasteiger charge is 2.16. The van der Waals surface area contributed by atoms with Gasteiger partial charge in [0.2, 0.25) is 0 Å². The predicted octanol–water partition coefficient (Wildman–Crippen LogP) is 1.80. The normalized spacial score (nSPS) is 15.9. The van der Waals surface area contributed by atoms with Gasteiger partial charge in [-0.05, 0) is 12.1 Å². The summed E-state index contributed by atoms with van der Waals surface area (Å²) >= 11 is 0. The van der Waals surface area contributed by atoms with Crippen molar-refractivity contribution in [3.05, 3.63) is 24.0 Å². The highest BCUT2D eigenvalue weighted by atomic mass is 35.5. The van der Waals surface area contributed by atoms with Gasteiger partial charge in [-0.1, -0.05) is 0 Å². The van der Waals surface area contributed by atoms with Crippen LogP contribution in [-0.4, -0.2) is 31.2 Å². The quantitative estimate of drug-likeness (QED) is 0.846. The van der Waals surface area contributed by atoms with Crippen LogP contribution in [0.25, 0.3) is 11.1 Å². The van der Waals surface area contributed by atoms with E-state index in [4.69, 9.17) is 4.42 Å². The second-order valence-electron chi connectivity index (χ2n) is 3.85. The van der Waals surface area contributed by atoms with Gasteiger partial charge in [-0.25, -0.2) is 4.39 Å². The Morgan fingerprint density at radius 2 is 2.06 bits per heavy atom. The summed E-state index contributed by atoms with van der Waals surface area (Å²) in [6.45, 7) is 3.59. The van der Waals surface area contributed by atoms with Gasteiger partial charge in [-0.15, -0.1) is 12.4 Å². The van der Waals surface area contributed by atoms with Gasteiger partial charge in [0.05, 0.1) is 0 Å². The van der Waals surface area contributed by atoms with E-state index in [2.05, 4.69) is 15.2 Å². The monoisotopic (exact) mass is 257 g/mol. The van der Waals surface area contributed by atoms with Crippen molar-refractivity contribution in [1.29, 1.82) is 0 Å². The maximum atomic E-state index is 13.0. The Balaban J connectivity index is 0.00000108. The lowest BCUT2D eigenvalue weighted by Crippen LogP contribution is -2.43. The summed E-state index contributed by atoms with van der Waals surface area (Å²) in [4.78, 5) is 6.35. The molecule has 0 aliphatic carbocycles. The van der Waals surface area contributed by atoms with Crippen molar-refractivity contribution >= 4 is 29.5 Å². The number of halogens is 2. The van der Waals surface area contributed by atoms with E-state index in [0.29, 0.717) is 17.1 Å². The molecule has 0 unspecified atom stereocenters. The number of hydrogen-bond donors (Lipinski definition) is 1. The van der Waals surface area contributed by atoms with Crippen LogP contribution in [0.5, 0.6) is 0 Å². The first-order valence-corrected chi connectivity index (χ1v) is 5.35. The van der Waals surface area contributed by atoms with Crippen molar-refractivity contribution in [1.82, 2.24) is 10.3 Å². The van der Waals surface area contributed by atoms with Crippen molar-refractivity contribution in [2.75, 3.05) is 31.1 Å². The summed E-state index contributed by atoms with van der Waals surface area (Å²) in [6.07, 6.45) is 0. The number of oxazole rings is 1. The second kappa shape index (κ2) is 4.89. The number of fused-ring (bicyclic) bond motifs is 1. The highest BCUT2D eigenvalue weighted by molar-refractivity contribution is 5.85. The summed E-state index contributed by atoms with van der Waals surface area (Å²) in [5.41, 5.74) is 1.21. The van der Waals surface area contributed by atoms with E-state index in [1.54, 1.807) is 6.07 Å². The molecule has 1 N–H and O–H groups in total. The molecule has 1 aliphatic heterocycles. The number of nitrogens with zero attached hydrogens (tertiary/aromatic N) is 2. The van der Waals surface area contributed by atoms with Crippen molar-refractivity contribution < 1.29 is 8.81 Å². The van der Waals surface area contributed by atoms with Gasteiger partial charge in [0.1, 0.15) is 11.3 Å². The molecule has 3 rings (SSSR count). The maximum absolute atomic E-state index is 13.0. The number of rotatable bonds is 1. The molecule has 1 aromatic carbocycles. The van der Waals surface area contributed by atoms with Gasteiger partial charge in [0, 0.05) is 32.2 Å². The third kappa shape index (κ3) is 2.35. The smallest absolute Gasteiger partial charge is 0.298 e. The van der Waals surface area contributed by atoms with Crippen LogP contribution in [0.2, 0.25) is 0 Å². The first-order chi connectivity index (χ1) is 7.83. The van der Waals surface area contributed by atoms with Crippen LogP contribution in [0, 0.1) is 5.82 Å². The van der Waals surface area contributed by atoms with E-state index in [0.717, 1.165) is 26.2 Å². The molecule has 92 valence electrons. The molecule has 17 heavy (non-hydrogen) atoms. The van der Waals surface area contributed by atoms with Gasteiger partial charge in [-0.3, -0.25) is 0 Å². The number of aromatic nitrogens is 1. The van der Waals surface area contributed by atoms with Crippen LogP contribution in [0.3, 0.4) is 0 Å². The Bertz CT molecular complexity index is 510. The number of hydrogen-bond acceptors (Lipinski definition) is 4. The molecule has 0 amide bonds. The van der Waals surface area contributed by atoms with Gasteiger partial charge < -0.3 is 14.6 Å². The van der Waals surface area contributed by atoms with Crippen LogP contribution in [0.4, 0.5) is 10.4 Å². The largest absolute Gasteiger partial charge is 0.423 e. The molecule has 0 radical (unpaired) electrons. The molecule has 0 saturated carbocycles. The SMILES string of the molecule is Cl.Fc1ccc2oc(N3CCNCC3)nc2c1. The summed E-state index contributed by atoms with van der Waals surface area (Å²) in [5, 5.41) is 3.26. The minimum Gasteiger partial charge on any atom is -0.423 e. The van der Waals surface area contributed by atoms with Crippen molar-refractivity contribution in [3.8, 4) is 0 Å². The van der Waals surface area contributed by atoms with E-state index in [1.807, 2.05) is 0 Å². The van der Waals surface area contributed by atoms with E-state index >= 15 is 0 Å². The average Bonchev–Trinajstić information content (AvgIpc) is 2.73. The second-order valence-corrected chi connectivity index (χ2v) is 3.85. The van der Waals surface area contributed by atoms with Crippen molar-refractivity contribution in [3.63, 3.8) is 0 Å². The Labute approximate surface area is 104 Å². The zero-order valence-corrected chi connectivity index (χ0v) is 9.97. The molecular weight excluding hydrogens is 245 g/mol. The summed E-state index contributed by atoms with van der Waals surface area (Å²) < 4.78 is 18.6. The molecule has 0 bridgehead atoms. The molecule has 2 heterocycles. The molecule has 0 spiro atoms. The van der Waals surface area contributed by atoms with E-state index in [1.165, 1.54) is 12.1 Å². The zero-order chi connectivity index (χ0) is 11.0. The Kier molecular flexibility index (Phi) is 3.49. The Morgan fingerprint density at radius 1 is 1.29 bits per heavy atom. The van der Waals surface area contributed by atoms with Crippen molar-refractivity contribution in [2.45, 2.75) is 0 Å². The molecule has 1 saturated heterocycles. The van der Waals surface area contributed by atoms with E-state index in [9.17, 15) is 4.39 Å². The molecule has 1 aliphatic rings. The van der Waals surface area contributed by atoms with Crippen LogP contribution in [0.15, 0.2) is 22.6 Å². The average molecular weight is 258 g/mol. The maximum Gasteiger partial charge on any atom is 0.298 e. The Hall–Kier alpha value is -1.33.